The lowest BCUT2D eigenvalue weighted by Crippen LogP contribution is -2.43. The van der Waals surface area contributed by atoms with Gasteiger partial charge in [-0.1, -0.05) is 18.2 Å². The number of fused-ring (bicyclic) bond motifs is 1. The molecule has 0 unspecified atom stereocenters. The summed E-state index contributed by atoms with van der Waals surface area (Å²) in [5, 5.41) is 0. The van der Waals surface area contributed by atoms with E-state index in [0.29, 0.717) is 12.4 Å². The molecule has 27 heavy (non-hydrogen) atoms. The summed E-state index contributed by atoms with van der Waals surface area (Å²) in [5.74, 6) is 0.377. The molecule has 0 spiro atoms. The van der Waals surface area contributed by atoms with Gasteiger partial charge < -0.3 is 9.64 Å². The molecule has 0 N–H and O–H groups in total. The summed E-state index contributed by atoms with van der Waals surface area (Å²) in [6.07, 6.45) is 0.775. The van der Waals surface area contributed by atoms with Crippen molar-refractivity contribution in [2.75, 3.05) is 25.1 Å². The Hall–Kier alpha value is -2.38. The maximum atomic E-state index is 12.8. The summed E-state index contributed by atoms with van der Waals surface area (Å²) < 4.78 is 32.0. The second-order valence-corrected chi connectivity index (χ2v) is 8.66. The van der Waals surface area contributed by atoms with E-state index in [1.807, 2.05) is 38.1 Å². The van der Waals surface area contributed by atoms with E-state index in [4.69, 9.17) is 4.74 Å². The molecule has 1 amide bonds. The van der Waals surface area contributed by atoms with Gasteiger partial charge in [0.2, 0.25) is 15.9 Å². The number of hydrogen-bond acceptors (Lipinski definition) is 4. The Morgan fingerprint density at radius 3 is 2.52 bits per heavy atom. The number of nitrogens with zero attached hydrogens (tertiary/aromatic N) is 2. The van der Waals surface area contributed by atoms with Gasteiger partial charge in [0, 0.05) is 18.8 Å². The van der Waals surface area contributed by atoms with Crippen molar-refractivity contribution in [2.24, 2.45) is 0 Å². The van der Waals surface area contributed by atoms with Gasteiger partial charge in [-0.3, -0.25) is 4.79 Å². The fraction of sp³-hybridized carbons (Fsp3) is 0.350. The zero-order chi connectivity index (χ0) is 19.6. The topological polar surface area (TPSA) is 66.9 Å². The lowest BCUT2D eigenvalue weighted by atomic mass is 10.1. The van der Waals surface area contributed by atoms with Gasteiger partial charge >= 0.3 is 0 Å². The summed E-state index contributed by atoms with van der Waals surface area (Å²) in [6.45, 7) is 4.13. The highest BCUT2D eigenvalue weighted by Gasteiger charge is 2.33. The summed E-state index contributed by atoms with van der Waals surface area (Å²) in [4.78, 5) is 14.7. The highest BCUT2D eigenvalue weighted by molar-refractivity contribution is 7.89. The van der Waals surface area contributed by atoms with E-state index in [2.05, 4.69) is 0 Å². The Kier molecular flexibility index (Phi) is 5.53. The van der Waals surface area contributed by atoms with Crippen LogP contribution < -0.4 is 9.64 Å². The van der Waals surface area contributed by atoms with E-state index in [-0.39, 0.29) is 23.4 Å². The van der Waals surface area contributed by atoms with Crippen LogP contribution in [0.4, 0.5) is 5.69 Å². The van der Waals surface area contributed by atoms with Crippen LogP contribution in [0.15, 0.2) is 53.4 Å². The van der Waals surface area contributed by atoms with Crippen LogP contribution in [-0.2, 0) is 21.2 Å². The number of likely N-dealkylation sites (N-methyl/N-ethyl adjacent to an activating group) is 1. The molecule has 0 fully saturated rings. The second kappa shape index (κ2) is 7.70. The molecular weight excluding hydrogens is 364 g/mol. The van der Waals surface area contributed by atoms with Gasteiger partial charge in [0.1, 0.15) is 5.75 Å². The lowest BCUT2D eigenvalue weighted by Gasteiger charge is -2.25. The van der Waals surface area contributed by atoms with Crippen molar-refractivity contribution in [3.8, 4) is 5.75 Å². The van der Waals surface area contributed by atoms with Crippen molar-refractivity contribution in [2.45, 2.75) is 31.2 Å². The van der Waals surface area contributed by atoms with Gasteiger partial charge in [-0.15, -0.1) is 0 Å². The Balaban J connectivity index is 1.76. The SMILES string of the molecule is CCOc1ccc(S(=O)(=O)N(C)CC(=O)N2c3ccccc3C[C@@H]2C)cc1. The molecule has 2 aromatic carbocycles. The molecule has 144 valence electrons. The Labute approximate surface area is 160 Å². The van der Waals surface area contributed by atoms with Crippen LogP contribution >= 0.6 is 0 Å². The monoisotopic (exact) mass is 388 g/mol. The standard InChI is InChI=1S/C20H24N2O4S/c1-4-26-17-9-11-18(12-10-17)27(24,25)21(3)14-20(23)22-15(2)13-16-7-5-6-8-19(16)22/h5-12,15H,4,13-14H2,1-3H3/t15-/m0/s1. The molecule has 0 saturated heterocycles. The number of ether oxygens (including phenoxy) is 1. The van der Waals surface area contributed by atoms with Crippen LogP contribution in [0.3, 0.4) is 0 Å². The zero-order valence-corrected chi connectivity index (χ0v) is 16.6. The fourth-order valence-corrected chi connectivity index (χ4v) is 4.47. The molecule has 6 nitrogen and oxygen atoms in total. The molecule has 0 bridgehead atoms. The normalized spacial score (nSPS) is 16.4. The Morgan fingerprint density at radius 2 is 1.85 bits per heavy atom. The second-order valence-electron chi connectivity index (χ2n) is 6.61. The van der Waals surface area contributed by atoms with E-state index >= 15 is 0 Å². The van der Waals surface area contributed by atoms with Crippen molar-refractivity contribution in [3.63, 3.8) is 0 Å². The van der Waals surface area contributed by atoms with Crippen LogP contribution in [0.1, 0.15) is 19.4 Å². The van der Waals surface area contributed by atoms with Crippen molar-refractivity contribution >= 4 is 21.6 Å². The molecule has 0 saturated carbocycles. The first-order valence-electron chi connectivity index (χ1n) is 8.93. The maximum Gasteiger partial charge on any atom is 0.243 e. The predicted molar refractivity (Wildman–Crippen MR) is 105 cm³/mol. The molecule has 7 heteroatoms. The number of rotatable bonds is 6. The van der Waals surface area contributed by atoms with Gasteiger partial charge in [0.05, 0.1) is 18.0 Å². The minimum Gasteiger partial charge on any atom is -0.494 e. The van der Waals surface area contributed by atoms with Gasteiger partial charge in [-0.05, 0) is 56.2 Å². The van der Waals surface area contributed by atoms with E-state index < -0.39 is 10.0 Å². The average Bonchev–Trinajstić information content (AvgIpc) is 2.98. The molecule has 2 aromatic rings. The van der Waals surface area contributed by atoms with Crippen molar-refractivity contribution in [1.29, 1.82) is 0 Å². The quantitative estimate of drug-likeness (QED) is 0.763. The van der Waals surface area contributed by atoms with Gasteiger partial charge in [0.15, 0.2) is 0 Å². The van der Waals surface area contributed by atoms with Crippen molar-refractivity contribution in [3.05, 3.63) is 54.1 Å². The van der Waals surface area contributed by atoms with Gasteiger partial charge in [-0.2, -0.15) is 4.31 Å². The third-order valence-corrected chi connectivity index (χ3v) is 6.49. The van der Waals surface area contributed by atoms with E-state index in [1.54, 1.807) is 17.0 Å². The van der Waals surface area contributed by atoms with Gasteiger partial charge in [0.25, 0.3) is 0 Å². The molecule has 1 atom stereocenters. The Bertz CT molecular complexity index is 925. The van der Waals surface area contributed by atoms with Crippen molar-refractivity contribution < 1.29 is 17.9 Å². The first-order chi connectivity index (χ1) is 12.8. The predicted octanol–water partition coefficient (Wildman–Crippen LogP) is 2.68. The van der Waals surface area contributed by atoms with E-state index in [0.717, 1.165) is 22.0 Å². The minimum absolute atomic E-state index is 0.0106. The van der Waals surface area contributed by atoms with Crippen LogP contribution in [0.25, 0.3) is 0 Å². The Morgan fingerprint density at radius 1 is 1.19 bits per heavy atom. The number of amides is 1. The van der Waals surface area contributed by atoms with Crippen LogP contribution in [0.2, 0.25) is 0 Å². The number of hydrogen-bond donors (Lipinski definition) is 0. The third-order valence-electron chi connectivity index (χ3n) is 4.68. The number of carbonyl (C=O) groups is 1. The van der Waals surface area contributed by atoms with Crippen LogP contribution in [0.5, 0.6) is 5.75 Å². The maximum absolute atomic E-state index is 12.8. The summed E-state index contributed by atoms with van der Waals surface area (Å²) in [5.41, 5.74) is 1.97. The average molecular weight is 388 g/mol. The molecule has 1 aliphatic heterocycles. The lowest BCUT2D eigenvalue weighted by molar-refractivity contribution is -0.118. The highest BCUT2D eigenvalue weighted by atomic mass is 32.2. The molecule has 0 aliphatic carbocycles. The largest absolute Gasteiger partial charge is 0.494 e. The number of para-hydroxylation sites is 1. The van der Waals surface area contributed by atoms with E-state index in [9.17, 15) is 13.2 Å². The minimum atomic E-state index is -3.76. The molecule has 1 aliphatic rings. The fourth-order valence-electron chi connectivity index (χ4n) is 3.35. The number of sulfonamides is 1. The highest BCUT2D eigenvalue weighted by Crippen LogP contribution is 2.32. The number of carbonyl (C=O) groups excluding carboxylic acids is 1. The molecular formula is C20H24N2O4S. The molecule has 0 radical (unpaired) electrons. The van der Waals surface area contributed by atoms with Crippen LogP contribution in [0, 0.1) is 0 Å². The first kappa shape index (κ1) is 19.4. The molecule has 0 aromatic heterocycles. The first-order valence-corrected chi connectivity index (χ1v) is 10.4. The summed E-state index contributed by atoms with van der Waals surface area (Å²) >= 11 is 0. The zero-order valence-electron chi connectivity index (χ0n) is 15.8. The van der Waals surface area contributed by atoms with Crippen LogP contribution in [-0.4, -0.2) is 44.9 Å². The van der Waals surface area contributed by atoms with Gasteiger partial charge in [-0.25, -0.2) is 8.42 Å². The van der Waals surface area contributed by atoms with E-state index in [1.165, 1.54) is 19.2 Å². The number of benzene rings is 2. The molecule has 3 rings (SSSR count). The summed E-state index contributed by atoms with van der Waals surface area (Å²) in [6, 6.07) is 14.0. The number of anilines is 1. The molecule has 1 heterocycles. The van der Waals surface area contributed by atoms with Crippen molar-refractivity contribution in [1.82, 2.24) is 4.31 Å². The smallest absolute Gasteiger partial charge is 0.243 e. The third kappa shape index (κ3) is 3.84. The summed E-state index contributed by atoms with van der Waals surface area (Å²) in [7, 11) is -2.33.